The molecule has 0 aliphatic carbocycles. The SMILES string of the molecule is CC(C)CN1CCOC(CNC(=O)C(C)NS(=O)(=O)c2ccccc2C(F)(F)F)C1. The second-order valence-electron chi connectivity index (χ2n) is 7.73. The molecule has 1 aliphatic rings. The van der Waals surface area contributed by atoms with Crippen LogP contribution in [0.2, 0.25) is 0 Å². The van der Waals surface area contributed by atoms with Gasteiger partial charge in [0.2, 0.25) is 15.9 Å². The van der Waals surface area contributed by atoms with Gasteiger partial charge >= 0.3 is 6.18 Å². The number of ether oxygens (including phenoxy) is 1. The number of carbonyl (C=O) groups is 1. The quantitative estimate of drug-likeness (QED) is 0.630. The molecule has 7 nitrogen and oxygen atoms in total. The molecule has 1 aromatic rings. The zero-order valence-corrected chi connectivity index (χ0v) is 18.0. The van der Waals surface area contributed by atoms with E-state index in [4.69, 9.17) is 4.74 Å². The predicted molar refractivity (Wildman–Crippen MR) is 105 cm³/mol. The molecule has 0 spiro atoms. The maximum absolute atomic E-state index is 13.1. The number of amides is 1. The van der Waals surface area contributed by atoms with Crippen LogP contribution in [-0.4, -0.2) is 64.2 Å². The number of morpholine rings is 1. The number of hydrogen-bond donors (Lipinski definition) is 2. The Morgan fingerprint density at radius 2 is 1.93 bits per heavy atom. The molecule has 0 bridgehead atoms. The van der Waals surface area contributed by atoms with Crippen molar-refractivity contribution in [2.45, 2.75) is 44.0 Å². The van der Waals surface area contributed by atoms with Gasteiger partial charge in [0.1, 0.15) is 0 Å². The summed E-state index contributed by atoms with van der Waals surface area (Å²) >= 11 is 0. The number of sulfonamides is 1. The molecule has 1 amide bonds. The molecule has 1 saturated heterocycles. The molecule has 11 heteroatoms. The van der Waals surface area contributed by atoms with Crippen molar-refractivity contribution in [2.75, 3.05) is 32.8 Å². The predicted octanol–water partition coefficient (Wildman–Crippen LogP) is 1.85. The minimum atomic E-state index is -4.84. The van der Waals surface area contributed by atoms with Crippen molar-refractivity contribution in [3.63, 3.8) is 0 Å². The van der Waals surface area contributed by atoms with Crippen LogP contribution in [0.25, 0.3) is 0 Å². The lowest BCUT2D eigenvalue weighted by atomic mass is 10.2. The highest BCUT2D eigenvalue weighted by Gasteiger charge is 2.37. The molecule has 0 radical (unpaired) electrons. The molecule has 2 unspecified atom stereocenters. The Morgan fingerprint density at radius 3 is 2.57 bits per heavy atom. The van der Waals surface area contributed by atoms with E-state index in [9.17, 15) is 26.4 Å². The van der Waals surface area contributed by atoms with Crippen LogP contribution in [0.5, 0.6) is 0 Å². The monoisotopic (exact) mass is 451 g/mol. The van der Waals surface area contributed by atoms with Crippen LogP contribution in [0, 0.1) is 5.92 Å². The van der Waals surface area contributed by atoms with Gasteiger partial charge < -0.3 is 10.1 Å². The number of nitrogens with zero attached hydrogens (tertiary/aromatic N) is 1. The fourth-order valence-electron chi connectivity index (χ4n) is 3.24. The topological polar surface area (TPSA) is 87.7 Å². The first-order valence-corrected chi connectivity index (χ1v) is 11.2. The van der Waals surface area contributed by atoms with Crippen LogP contribution >= 0.6 is 0 Å². The van der Waals surface area contributed by atoms with Crippen molar-refractivity contribution in [1.82, 2.24) is 14.9 Å². The lowest BCUT2D eigenvalue weighted by Gasteiger charge is -2.34. The fraction of sp³-hybridized carbons (Fsp3) is 0.632. The average molecular weight is 452 g/mol. The van der Waals surface area contributed by atoms with Crippen LogP contribution in [-0.2, 0) is 25.7 Å². The molecule has 1 aliphatic heterocycles. The normalized spacial score (nSPS) is 19.6. The highest BCUT2D eigenvalue weighted by molar-refractivity contribution is 7.89. The van der Waals surface area contributed by atoms with Gasteiger partial charge in [0.05, 0.1) is 29.2 Å². The molecule has 0 aromatic heterocycles. The Balaban J connectivity index is 1.96. The molecule has 2 rings (SSSR count). The van der Waals surface area contributed by atoms with Gasteiger partial charge in [-0.2, -0.15) is 17.9 Å². The molecule has 0 saturated carbocycles. The van der Waals surface area contributed by atoms with E-state index in [2.05, 4.69) is 24.1 Å². The van der Waals surface area contributed by atoms with E-state index in [1.165, 1.54) is 13.0 Å². The Bertz CT molecular complexity index is 831. The van der Waals surface area contributed by atoms with Crippen molar-refractivity contribution in [3.8, 4) is 0 Å². The smallest absolute Gasteiger partial charge is 0.374 e. The van der Waals surface area contributed by atoms with Crippen molar-refractivity contribution >= 4 is 15.9 Å². The maximum atomic E-state index is 13.1. The van der Waals surface area contributed by atoms with Gasteiger partial charge in [0, 0.05) is 26.2 Å². The summed E-state index contributed by atoms with van der Waals surface area (Å²) in [6.45, 7) is 8.55. The number of benzene rings is 1. The standard InChI is InChI=1S/C19H28F3N3O4S/c1-13(2)11-25-8-9-29-15(12-25)10-23-18(26)14(3)24-30(27,28)17-7-5-4-6-16(17)19(20,21)22/h4-7,13-15,24H,8-12H2,1-3H3,(H,23,26). The molecule has 1 fully saturated rings. The van der Waals surface area contributed by atoms with Gasteiger partial charge in [-0.25, -0.2) is 8.42 Å². The molecule has 1 heterocycles. The van der Waals surface area contributed by atoms with Crippen molar-refractivity contribution in [3.05, 3.63) is 29.8 Å². The number of nitrogens with one attached hydrogen (secondary N) is 2. The maximum Gasteiger partial charge on any atom is 0.417 e. The molecule has 1 aromatic carbocycles. The first kappa shape index (κ1) is 24.6. The highest BCUT2D eigenvalue weighted by atomic mass is 32.2. The summed E-state index contributed by atoms with van der Waals surface area (Å²) in [5.74, 6) is -0.153. The van der Waals surface area contributed by atoms with Gasteiger partial charge in [0.15, 0.2) is 0 Å². The van der Waals surface area contributed by atoms with E-state index >= 15 is 0 Å². The lowest BCUT2D eigenvalue weighted by Crippen LogP contribution is -2.51. The zero-order chi connectivity index (χ0) is 22.5. The van der Waals surface area contributed by atoms with Crippen molar-refractivity contribution in [2.24, 2.45) is 5.92 Å². The first-order valence-electron chi connectivity index (χ1n) is 9.70. The molecule has 2 atom stereocenters. The summed E-state index contributed by atoms with van der Waals surface area (Å²) in [6, 6.07) is 2.58. The van der Waals surface area contributed by atoms with Crippen LogP contribution < -0.4 is 10.0 Å². The van der Waals surface area contributed by atoms with Crippen LogP contribution in [0.3, 0.4) is 0 Å². The summed E-state index contributed by atoms with van der Waals surface area (Å²) < 4.78 is 71.9. The van der Waals surface area contributed by atoms with Crippen LogP contribution in [0.15, 0.2) is 29.2 Å². The number of alkyl halides is 3. The Kier molecular flexibility index (Phi) is 8.26. The summed E-state index contributed by atoms with van der Waals surface area (Å²) in [7, 11) is -4.55. The first-order chi connectivity index (χ1) is 13.9. The molecular formula is C19H28F3N3O4S. The van der Waals surface area contributed by atoms with E-state index in [1.807, 2.05) is 4.72 Å². The van der Waals surface area contributed by atoms with E-state index < -0.39 is 38.6 Å². The number of rotatable bonds is 8. The van der Waals surface area contributed by atoms with E-state index in [-0.39, 0.29) is 12.6 Å². The van der Waals surface area contributed by atoms with Gasteiger partial charge in [0.25, 0.3) is 0 Å². The summed E-state index contributed by atoms with van der Waals surface area (Å²) in [6.07, 6.45) is -5.08. The van der Waals surface area contributed by atoms with Gasteiger partial charge in [-0.05, 0) is 25.0 Å². The third-order valence-electron chi connectivity index (χ3n) is 4.56. The Labute approximate surface area is 175 Å². The average Bonchev–Trinajstić information content (AvgIpc) is 2.65. The second kappa shape index (κ2) is 10.1. The number of hydrogen-bond acceptors (Lipinski definition) is 5. The van der Waals surface area contributed by atoms with Crippen LogP contribution in [0.4, 0.5) is 13.2 Å². The van der Waals surface area contributed by atoms with E-state index in [0.717, 1.165) is 25.2 Å². The van der Waals surface area contributed by atoms with Gasteiger partial charge in [-0.1, -0.05) is 26.0 Å². The van der Waals surface area contributed by atoms with E-state index in [1.54, 1.807) is 0 Å². The fourth-order valence-corrected chi connectivity index (χ4v) is 4.67. The third kappa shape index (κ3) is 6.93. The zero-order valence-electron chi connectivity index (χ0n) is 17.2. The largest absolute Gasteiger partial charge is 0.417 e. The molecule has 170 valence electrons. The Morgan fingerprint density at radius 1 is 1.27 bits per heavy atom. The van der Waals surface area contributed by atoms with Crippen molar-refractivity contribution < 1.29 is 31.1 Å². The highest BCUT2D eigenvalue weighted by Crippen LogP contribution is 2.33. The number of halogens is 3. The second-order valence-corrected chi connectivity index (χ2v) is 9.41. The van der Waals surface area contributed by atoms with Crippen molar-refractivity contribution in [1.29, 1.82) is 0 Å². The van der Waals surface area contributed by atoms with Gasteiger partial charge in [-0.15, -0.1) is 0 Å². The molecular weight excluding hydrogens is 423 g/mol. The summed E-state index contributed by atoms with van der Waals surface area (Å²) in [5, 5.41) is 2.61. The lowest BCUT2D eigenvalue weighted by molar-refractivity contribution is -0.139. The Hall–Kier alpha value is -1.69. The summed E-state index contributed by atoms with van der Waals surface area (Å²) in [5.41, 5.74) is -1.29. The minimum Gasteiger partial charge on any atom is -0.374 e. The van der Waals surface area contributed by atoms with E-state index in [0.29, 0.717) is 25.1 Å². The van der Waals surface area contributed by atoms with Crippen LogP contribution in [0.1, 0.15) is 26.3 Å². The summed E-state index contributed by atoms with van der Waals surface area (Å²) in [4.78, 5) is 13.6. The molecule has 2 N–H and O–H groups in total. The molecule has 30 heavy (non-hydrogen) atoms. The third-order valence-corrected chi connectivity index (χ3v) is 6.16. The minimum absolute atomic E-state index is 0.179. The number of carbonyl (C=O) groups excluding carboxylic acids is 1. The van der Waals surface area contributed by atoms with Gasteiger partial charge in [-0.3, -0.25) is 9.69 Å².